The molecule has 2 rings (SSSR count). The van der Waals surface area contributed by atoms with E-state index in [1.165, 1.54) is 18.4 Å². The first-order chi connectivity index (χ1) is 9.77. The Bertz CT molecular complexity index is 483. The highest BCUT2D eigenvalue weighted by atomic mass is 79.9. The van der Waals surface area contributed by atoms with Gasteiger partial charge in [-0.05, 0) is 70.0 Å². The third-order valence-electron chi connectivity index (χ3n) is 4.72. The zero-order chi connectivity index (χ0) is 15.6. The summed E-state index contributed by atoms with van der Waals surface area (Å²) in [4.78, 5) is 14.5. The Labute approximate surface area is 141 Å². The molecule has 0 aliphatic heterocycles. The Kier molecular flexibility index (Phi) is 5.53. The van der Waals surface area contributed by atoms with Gasteiger partial charge in [-0.2, -0.15) is 0 Å². The molecule has 4 heteroatoms. The molecule has 1 saturated carbocycles. The molecule has 0 aromatic carbocycles. The van der Waals surface area contributed by atoms with Crippen molar-refractivity contribution in [2.24, 2.45) is 17.3 Å². The van der Waals surface area contributed by atoms with Gasteiger partial charge >= 0.3 is 0 Å². The fraction of sp³-hybridized carbons (Fsp3) is 0.706. The first-order valence-electron chi connectivity index (χ1n) is 7.75. The van der Waals surface area contributed by atoms with Crippen molar-refractivity contribution >= 4 is 33.2 Å². The lowest BCUT2D eigenvalue weighted by molar-refractivity contribution is -0.136. The number of carbonyl (C=O) groups excluding carboxylic acids is 1. The predicted molar refractivity (Wildman–Crippen MR) is 93.4 cm³/mol. The van der Waals surface area contributed by atoms with Crippen molar-refractivity contribution in [3.05, 3.63) is 20.8 Å². The van der Waals surface area contributed by atoms with Crippen LogP contribution in [0.1, 0.15) is 52.0 Å². The third kappa shape index (κ3) is 4.56. The number of rotatable bonds is 3. The number of nitrogens with zero attached hydrogens (tertiary/aromatic N) is 1. The molecule has 21 heavy (non-hydrogen) atoms. The van der Waals surface area contributed by atoms with E-state index in [1.807, 2.05) is 11.9 Å². The molecular weight excluding hydrogens is 346 g/mol. The molecule has 2 nitrogen and oxygen atoms in total. The van der Waals surface area contributed by atoms with Gasteiger partial charge in [-0.3, -0.25) is 4.79 Å². The van der Waals surface area contributed by atoms with Crippen LogP contribution in [0.5, 0.6) is 0 Å². The summed E-state index contributed by atoms with van der Waals surface area (Å²) in [6, 6.07) is 2.10. The molecule has 0 bridgehead atoms. The van der Waals surface area contributed by atoms with Gasteiger partial charge in [0.1, 0.15) is 0 Å². The first kappa shape index (κ1) is 17.0. The van der Waals surface area contributed by atoms with Crippen LogP contribution in [0.2, 0.25) is 0 Å². The van der Waals surface area contributed by atoms with Crippen molar-refractivity contribution in [2.45, 2.75) is 53.0 Å². The number of hydrogen-bond acceptors (Lipinski definition) is 2. The molecule has 1 aliphatic carbocycles. The average Bonchev–Trinajstić information content (AvgIpc) is 2.82. The maximum absolute atomic E-state index is 12.6. The Morgan fingerprint density at radius 3 is 2.43 bits per heavy atom. The van der Waals surface area contributed by atoms with E-state index >= 15 is 0 Å². The second-order valence-electron chi connectivity index (χ2n) is 7.37. The van der Waals surface area contributed by atoms with Crippen LogP contribution in [-0.4, -0.2) is 17.9 Å². The number of halogens is 1. The lowest BCUT2D eigenvalue weighted by Gasteiger charge is -2.37. The van der Waals surface area contributed by atoms with Gasteiger partial charge in [0, 0.05) is 19.5 Å². The van der Waals surface area contributed by atoms with E-state index in [9.17, 15) is 4.79 Å². The van der Waals surface area contributed by atoms with Crippen LogP contribution in [0.4, 0.5) is 0 Å². The molecule has 118 valence electrons. The zero-order valence-corrected chi connectivity index (χ0v) is 15.9. The molecule has 0 saturated heterocycles. The van der Waals surface area contributed by atoms with Crippen molar-refractivity contribution in [1.29, 1.82) is 0 Å². The summed E-state index contributed by atoms with van der Waals surface area (Å²) >= 11 is 5.15. The van der Waals surface area contributed by atoms with Crippen LogP contribution in [0.15, 0.2) is 15.2 Å². The third-order valence-corrected chi connectivity index (χ3v) is 6.27. The average molecular weight is 372 g/mol. The molecule has 0 N–H and O–H groups in total. The maximum Gasteiger partial charge on any atom is 0.225 e. The molecule has 0 atom stereocenters. The molecule has 0 radical (unpaired) electrons. The summed E-state index contributed by atoms with van der Waals surface area (Å²) in [7, 11) is 1.93. The SMILES string of the molecule is CN(Cc1csc(Br)c1)C(=O)C1CCC(C(C)(C)C)CC1. The number of carbonyl (C=O) groups is 1. The van der Waals surface area contributed by atoms with Gasteiger partial charge in [-0.15, -0.1) is 11.3 Å². The lowest BCUT2D eigenvalue weighted by Crippen LogP contribution is -2.36. The fourth-order valence-corrected chi connectivity index (χ4v) is 4.50. The molecule has 1 amide bonds. The van der Waals surface area contributed by atoms with E-state index < -0.39 is 0 Å². The largest absolute Gasteiger partial charge is 0.341 e. The first-order valence-corrected chi connectivity index (χ1v) is 9.42. The Morgan fingerprint density at radius 1 is 1.33 bits per heavy atom. The second-order valence-corrected chi connectivity index (χ2v) is 9.66. The molecule has 1 aliphatic rings. The van der Waals surface area contributed by atoms with Crippen molar-refractivity contribution in [3.63, 3.8) is 0 Å². The van der Waals surface area contributed by atoms with Gasteiger partial charge in [-0.1, -0.05) is 20.8 Å². The maximum atomic E-state index is 12.6. The van der Waals surface area contributed by atoms with Crippen LogP contribution in [-0.2, 0) is 11.3 Å². The Morgan fingerprint density at radius 2 is 1.95 bits per heavy atom. The minimum atomic E-state index is 0.232. The molecule has 1 fully saturated rings. The van der Waals surface area contributed by atoms with Crippen LogP contribution in [0.3, 0.4) is 0 Å². The summed E-state index contributed by atoms with van der Waals surface area (Å²) in [6.45, 7) is 7.68. The standard InChI is InChI=1S/C17H26BrNOS/c1-17(2,3)14-7-5-13(6-8-14)16(20)19(4)10-12-9-15(18)21-11-12/h9,11,13-14H,5-8,10H2,1-4H3. The Hall–Kier alpha value is -0.350. The molecule has 1 aromatic heterocycles. The summed E-state index contributed by atoms with van der Waals surface area (Å²) in [5.74, 6) is 1.32. The molecule has 1 aromatic rings. The smallest absolute Gasteiger partial charge is 0.225 e. The monoisotopic (exact) mass is 371 g/mol. The van der Waals surface area contributed by atoms with Crippen LogP contribution >= 0.6 is 27.3 Å². The summed E-state index contributed by atoms with van der Waals surface area (Å²) in [5, 5.41) is 2.12. The van der Waals surface area contributed by atoms with E-state index in [0.29, 0.717) is 11.3 Å². The number of thiophene rings is 1. The summed E-state index contributed by atoms with van der Waals surface area (Å²) < 4.78 is 1.13. The summed E-state index contributed by atoms with van der Waals surface area (Å²) in [6.07, 6.45) is 4.49. The second kappa shape index (κ2) is 6.82. The number of hydrogen-bond donors (Lipinski definition) is 0. The van der Waals surface area contributed by atoms with Gasteiger partial charge < -0.3 is 4.90 Å². The van der Waals surface area contributed by atoms with E-state index in [2.05, 4.69) is 48.1 Å². The van der Waals surface area contributed by atoms with Gasteiger partial charge in [0.05, 0.1) is 3.79 Å². The topological polar surface area (TPSA) is 20.3 Å². The van der Waals surface area contributed by atoms with Crippen LogP contribution in [0, 0.1) is 17.3 Å². The Balaban J connectivity index is 1.86. The predicted octanol–water partition coefficient (Wildman–Crippen LogP) is 5.32. The van der Waals surface area contributed by atoms with Gasteiger partial charge in [0.2, 0.25) is 5.91 Å². The van der Waals surface area contributed by atoms with Crippen molar-refractivity contribution in [1.82, 2.24) is 4.90 Å². The van der Waals surface area contributed by atoms with Crippen molar-refractivity contribution in [3.8, 4) is 0 Å². The van der Waals surface area contributed by atoms with E-state index in [-0.39, 0.29) is 5.92 Å². The summed E-state index contributed by atoms with van der Waals surface area (Å²) in [5.41, 5.74) is 1.59. The van der Waals surface area contributed by atoms with Crippen molar-refractivity contribution < 1.29 is 4.79 Å². The highest BCUT2D eigenvalue weighted by molar-refractivity contribution is 9.11. The quantitative estimate of drug-likeness (QED) is 0.703. The molecule has 0 spiro atoms. The van der Waals surface area contributed by atoms with Crippen LogP contribution < -0.4 is 0 Å². The highest BCUT2D eigenvalue weighted by Gasteiger charge is 2.33. The van der Waals surface area contributed by atoms with Gasteiger partial charge in [0.25, 0.3) is 0 Å². The number of amides is 1. The normalized spacial score (nSPS) is 23.1. The van der Waals surface area contributed by atoms with E-state index in [4.69, 9.17) is 0 Å². The molecule has 0 unspecified atom stereocenters. The zero-order valence-electron chi connectivity index (χ0n) is 13.5. The van der Waals surface area contributed by atoms with Gasteiger partial charge in [-0.25, -0.2) is 0 Å². The van der Waals surface area contributed by atoms with E-state index in [0.717, 1.165) is 29.1 Å². The lowest BCUT2D eigenvalue weighted by atomic mass is 9.69. The van der Waals surface area contributed by atoms with E-state index in [1.54, 1.807) is 11.3 Å². The fourth-order valence-electron chi connectivity index (χ4n) is 3.30. The van der Waals surface area contributed by atoms with Crippen LogP contribution in [0.25, 0.3) is 0 Å². The van der Waals surface area contributed by atoms with Gasteiger partial charge in [0.15, 0.2) is 0 Å². The highest BCUT2D eigenvalue weighted by Crippen LogP contribution is 2.40. The minimum Gasteiger partial charge on any atom is -0.341 e. The van der Waals surface area contributed by atoms with Crippen molar-refractivity contribution in [2.75, 3.05) is 7.05 Å². The minimum absolute atomic E-state index is 0.232. The molecule has 1 heterocycles. The molecular formula is C17H26BrNOS.